The number of pyridine rings is 1. The number of hydrogen-bond acceptors (Lipinski definition) is 11. The normalized spacial score (nSPS) is 14.2. The van der Waals surface area contributed by atoms with Crippen LogP contribution in [0.1, 0.15) is 48.8 Å². The summed E-state index contributed by atoms with van der Waals surface area (Å²) < 4.78 is 47.4. The number of halogens is 1. The Balaban J connectivity index is 1.78. The first-order chi connectivity index (χ1) is 18.1. The monoisotopic (exact) mass is 562 g/mol. The van der Waals surface area contributed by atoms with Gasteiger partial charge in [-0.1, -0.05) is 22.8 Å². The molecule has 0 aliphatic heterocycles. The minimum absolute atomic E-state index is 0.0316. The van der Waals surface area contributed by atoms with Gasteiger partial charge in [-0.2, -0.15) is 0 Å². The summed E-state index contributed by atoms with van der Waals surface area (Å²) in [7, 11) is -1.23. The minimum Gasteiger partial charge on any atom is -0.481 e. The molecule has 1 N–H and O–H groups in total. The summed E-state index contributed by atoms with van der Waals surface area (Å²) in [6.45, 7) is 6.93. The van der Waals surface area contributed by atoms with E-state index in [1.807, 2.05) is 6.92 Å². The Labute approximate surface area is 224 Å². The summed E-state index contributed by atoms with van der Waals surface area (Å²) in [5.41, 5.74) is 1.83. The highest BCUT2D eigenvalue weighted by Crippen LogP contribution is 2.33. The maximum atomic E-state index is 13.6. The van der Waals surface area contributed by atoms with Crippen LogP contribution in [0.25, 0.3) is 11.5 Å². The van der Waals surface area contributed by atoms with Crippen LogP contribution >= 0.6 is 11.6 Å². The van der Waals surface area contributed by atoms with Crippen molar-refractivity contribution >= 4 is 27.6 Å². The summed E-state index contributed by atoms with van der Waals surface area (Å²) in [5.74, 6) is 1.39. The van der Waals surface area contributed by atoms with Crippen LogP contribution < -0.4 is 9.46 Å². The van der Waals surface area contributed by atoms with Crippen molar-refractivity contribution in [2.24, 2.45) is 0 Å². The molecule has 0 aromatic carbocycles. The van der Waals surface area contributed by atoms with Gasteiger partial charge in [-0.25, -0.2) is 23.4 Å². The average molecular weight is 563 g/mol. The SMILES string of the molecule is COc1cccc(-c2nnc(NS(=O)(=O)[C@@H](C)[C@H](OC)c3ncc(Cl)cn3)n2[C@H](C)c2c(C)noc2C)n1. The molecule has 15 heteroatoms. The van der Waals surface area contributed by atoms with Crippen molar-refractivity contribution in [2.45, 2.75) is 45.1 Å². The number of aryl methyl sites for hydroxylation is 2. The van der Waals surface area contributed by atoms with Gasteiger partial charge in [0, 0.05) is 31.1 Å². The molecule has 0 aliphatic carbocycles. The van der Waals surface area contributed by atoms with Crippen molar-refractivity contribution in [3.05, 3.63) is 58.5 Å². The number of ether oxygens (including phenoxy) is 2. The lowest BCUT2D eigenvalue weighted by atomic mass is 10.1. The summed E-state index contributed by atoms with van der Waals surface area (Å²) in [5, 5.41) is 11.7. The average Bonchev–Trinajstić information content (AvgIpc) is 3.47. The van der Waals surface area contributed by atoms with Gasteiger partial charge in [0.1, 0.15) is 22.8 Å². The number of anilines is 1. The molecule has 4 aromatic heterocycles. The first-order valence-electron chi connectivity index (χ1n) is 11.5. The number of rotatable bonds is 10. The second kappa shape index (κ2) is 11.0. The molecule has 4 heterocycles. The zero-order valence-electron chi connectivity index (χ0n) is 21.6. The molecule has 0 fully saturated rings. The molecule has 202 valence electrons. The standard InChI is InChI=1S/C23H27ClN8O5S/c1-12-19(14(3)37-30-12)13(2)32-22(17-8-7-9-18(27-17)35-5)28-29-23(32)31-38(33,34)15(4)20(36-6)21-25-10-16(24)11-26-21/h7-11,13,15,20H,1-6H3,(H,29,31)/t13-,15+,20+/m1/s1. The van der Waals surface area contributed by atoms with E-state index < -0.39 is 27.4 Å². The van der Waals surface area contributed by atoms with Crippen LogP contribution in [0.2, 0.25) is 5.02 Å². The third-order valence-electron chi connectivity index (χ3n) is 6.05. The third kappa shape index (κ3) is 5.33. The number of methoxy groups -OCH3 is 2. The van der Waals surface area contributed by atoms with E-state index in [4.69, 9.17) is 25.6 Å². The first-order valence-corrected chi connectivity index (χ1v) is 13.4. The summed E-state index contributed by atoms with van der Waals surface area (Å²) in [4.78, 5) is 12.7. The van der Waals surface area contributed by atoms with Crippen molar-refractivity contribution in [1.82, 2.24) is 34.9 Å². The largest absolute Gasteiger partial charge is 0.481 e. The molecular formula is C23H27ClN8O5S. The Hall–Kier alpha value is -3.62. The molecule has 38 heavy (non-hydrogen) atoms. The molecule has 4 rings (SSSR count). The highest BCUT2D eigenvalue weighted by Gasteiger charge is 2.35. The first kappa shape index (κ1) is 27.4. The fourth-order valence-electron chi connectivity index (χ4n) is 4.13. The molecule has 13 nitrogen and oxygen atoms in total. The van der Waals surface area contributed by atoms with Gasteiger partial charge >= 0.3 is 0 Å². The van der Waals surface area contributed by atoms with Gasteiger partial charge in [-0.3, -0.25) is 9.29 Å². The lowest BCUT2D eigenvalue weighted by molar-refractivity contribution is 0.0950. The van der Waals surface area contributed by atoms with Crippen LogP contribution in [0.3, 0.4) is 0 Å². The highest BCUT2D eigenvalue weighted by atomic mass is 35.5. The highest BCUT2D eigenvalue weighted by molar-refractivity contribution is 7.93. The van der Waals surface area contributed by atoms with Crippen LogP contribution in [-0.2, 0) is 14.8 Å². The van der Waals surface area contributed by atoms with Gasteiger partial charge in [0.2, 0.25) is 21.9 Å². The fourth-order valence-corrected chi connectivity index (χ4v) is 5.37. The van der Waals surface area contributed by atoms with Crippen molar-refractivity contribution < 1.29 is 22.4 Å². The fraction of sp³-hybridized carbons (Fsp3) is 0.391. The van der Waals surface area contributed by atoms with Gasteiger partial charge in [0.15, 0.2) is 11.6 Å². The summed E-state index contributed by atoms with van der Waals surface area (Å²) >= 11 is 5.88. The molecule has 0 radical (unpaired) electrons. The molecule has 0 saturated heterocycles. The second-order valence-electron chi connectivity index (χ2n) is 8.46. The second-order valence-corrected chi connectivity index (χ2v) is 10.9. The molecule has 0 saturated carbocycles. The Bertz CT molecular complexity index is 1500. The summed E-state index contributed by atoms with van der Waals surface area (Å²) in [6.07, 6.45) is 1.76. The van der Waals surface area contributed by atoms with Gasteiger partial charge in [-0.15, -0.1) is 10.2 Å². The van der Waals surface area contributed by atoms with Crippen LogP contribution in [-0.4, -0.2) is 62.8 Å². The number of hydrogen-bond donors (Lipinski definition) is 1. The van der Waals surface area contributed by atoms with E-state index in [1.54, 1.807) is 36.6 Å². The maximum Gasteiger partial charge on any atom is 0.240 e. The van der Waals surface area contributed by atoms with E-state index in [-0.39, 0.29) is 11.8 Å². The summed E-state index contributed by atoms with van der Waals surface area (Å²) in [6, 6.07) is 4.69. The smallest absolute Gasteiger partial charge is 0.240 e. The van der Waals surface area contributed by atoms with Gasteiger partial charge in [-0.05, 0) is 33.8 Å². The van der Waals surface area contributed by atoms with Crippen molar-refractivity contribution in [3.8, 4) is 17.4 Å². The van der Waals surface area contributed by atoms with Gasteiger partial charge in [0.05, 0.1) is 23.9 Å². The molecule has 0 spiro atoms. The van der Waals surface area contributed by atoms with E-state index in [2.05, 4.69) is 35.0 Å². The predicted molar refractivity (Wildman–Crippen MR) is 138 cm³/mol. The number of sulfonamides is 1. The van der Waals surface area contributed by atoms with E-state index in [0.717, 1.165) is 5.56 Å². The van der Waals surface area contributed by atoms with Crippen molar-refractivity contribution in [3.63, 3.8) is 0 Å². The van der Waals surface area contributed by atoms with Crippen molar-refractivity contribution in [1.29, 1.82) is 0 Å². The van der Waals surface area contributed by atoms with E-state index in [9.17, 15) is 8.42 Å². The molecule has 4 aromatic rings. The topological polar surface area (TPSA) is 160 Å². The van der Waals surface area contributed by atoms with E-state index in [0.29, 0.717) is 33.9 Å². The molecular weight excluding hydrogens is 536 g/mol. The zero-order valence-corrected chi connectivity index (χ0v) is 23.1. The lowest BCUT2D eigenvalue weighted by Crippen LogP contribution is -2.33. The van der Waals surface area contributed by atoms with Gasteiger partial charge in [0.25, 0.3) is 0 Å². The quantitative estimate of drug-likeness (QED) is 0.301. The Kier molecular flexibility index (Phi) is 7.94. The van der Waals surface area contributed by atoms with Crippen LogP contribution in [0.4, 0.5) is 5.95 Å². The van der Waals surface area contributed by atoms with E-state index in [1.165, 1.54) is 33.5 Å². The molecule has 0 amide bonds. The van der Waals surface area contributed by atoms with Gasteiger partial charge < -0.3 is 14.0 Å². The van der Waals surface area contributed by atoms with Crippen molar-refractivity contribution in [2.75, 3.05) is 18.9 Å². The lowest BCUT2D eigenvalue weighted by Gasteiger charge is -2.23. The van der Waals surface area contributed by atoms with Crippen LogP contribution in [0, 0.1) is 13.8 Å². The van der Waals surface area contributed by atoms with Crippen LogP contribution in [0.15, 0.2) is 35.1 Å². The molecule has 0 unspecified atom stereocenters. The van der Waals surface area contributed by atoms with E-state index >= 15 is 0 Å². The third-order valence-corrected chi connectivity index (χ3v) is 7.94. The number of nitrogens with one attached hydrogen (secondary N) is 1. The number of aromatic nitrogens is 7. The zero-order chi connectivity index (χ0) is 27.6. The minimum atomic E-state index is -4.11. The molecule has 0 aliphatic rings. The Morgan fingerprint density at radius 3 is 2.42 bits per heavy atom. The number of nitrogens with zero attached hydrogens (tertiary/aromatic N) is 7. The molecule has 0 bridgehead atoms. The van der Waals surface area contributed by atoms with Crippen LogP contribution in [0.5, 0.6) is 5.88 Å². The Morgan fingerprint density at radius 2 is 1.82 bits per heavy atom. The molecule has 3 atom stereocenters. The Morgan fingerprint density at radius 1 is 1.11 bits per heavy atom. The maximum absolute atomic E-state index is 13.6. The predicted octanol–water partition coefficient (Wildman–Crippen LogP) is 3.52.